The normalized spacial score (nSPS) is 12.7. The Morgan fingerprint density at radius 1 is 1.04 bits per heavy atom. The second-order valence-electron chi connectivity index (χ2n) is 7.21. The van der Waals surface area contributed by atoms with E-state index in [1.54, 1.807) is 12.1 Å². The van der Waals surface area contributed by atoms with Crippen LogP contribution in [0.25, 0.3) is 0 Å². The maximum Gasteiger partial charge on any atom is 0.408 e. The van der Waals surface area contributed by atoms with Crippen LogP contribution in [0.15, 0.2) is 48.5 Å². The molecule has 0 fully saturated rings. The highest BCUT2D eigenvalue weighted by molar-refractivity contribution is 6.30. The number of aliphatic hydroxyl groups excluding tert-OH is 1. The summed E-state index contributed by atoms with van der Waals surface area (Å²) in [6.45, 7) is 6.31. The summed E-state index contributed by atoms with van der Waals surface area (Å²) in [5.41, 5.74) is 2.29. The average molecular weight is 362 g/mol. The summed E-state index contributed by atoms with van der Waals surface area (Å²) < 4.78 is 0. The molecule has 2 aromatic carbocycles. The van der Waals surface area contributed by atoms with Crippen LogP contribution >= 0.6 is 11.6 Å². The number of amides is 1. The van der Waals surface area contributed by atoms with Gasteiger partial charge in [-0.25, -0.2) is 4.79 Å². The first-order valence-corrected chi connectivity index (χ1v) is 8.54. The molecule has 0 aliphatic heterocycles. The molecule has 134 valence electrons. The molecule has 25 heavy (non-hydrogen) atoms. The van der Waals surface area contributed by atoms with Crippen molar-refractivity contribution in [1.29, 1.82) is 0 Å². The minimum absolute atomic E-state index is 0.0338. The van der Waals surface area contributed by atoms with Crippen LogP contribution < -0.4 is 0 Å². The molecule has 0 aromatic heterocycles. The fourth-order valence-corrected chi connectivity index (χ4v) is 3.13. The quantitative estimate of drug-likeness (QED) is 0.778. The Balaban J connectivity index is 2.40. The standard InChI is InChI=1S/C20H24ClNO3/c1-20(2,3)18(16-8-4-15(13-23)5-9-16)22(19(24)25)12-14-6-10-17(21)11-7-14/h4-11,18,23H,12-13H2,1-3H3,(H,24,25). The zero-order chi connectivity index (χ0) is 18.6. The molecule has 0 spiro atoms. The molecule has 0 saturated heterocycles. The van der Waals surface area contributed by atoms with Gasteiger partial charge in [0, 0.05) is 11.6 Å². The molecular formula is C20H24ClNO3. The molecule has 1 amide bonds. The molecule has 4 nitrogen and oxygen atoms in total. The summed E-state index contributed by atoms with van der Waals surface area (Å²) in [6.07, 6.45) is -0.971. The molecule has 0 heterocycles. The van der Waals surface area contributed by atoms with Crippen molar-refractivity contribution in [1.82, 2.24) is 4.90 Å². The fraction of sp³-hybridized carbons (Fsp3) is 0.350. The Kier molecular flexibility index (Phi) is 6.09. The van der Waals surface area contributed by atoms with Gasteiger partial charge in [0.25, 0.3) is 0 Å². The van der Waals surface area contributed by atoms with E-state index in [1.807, 2.05) is 57.2 Å². The highest BCUT2D eigenvalue weighted by Gasteiger charge is 2.34. The highest BCUT2D eigenvalue weighted by Crippen LogP contribution is 2.39. The zero-order valence-corrected chi connectivity index (χ0v) is 15.5. The van der Waals surface area contributed by atoms with Gasteiger partial charge in [-0.3, -0.25) is 4.90 Å². The lowest BCUT2D eigenvalue weighted by atomic mass is 9.81. The third-order valence-corrected chi connectivity index (χ3v) is 4.37. The van der Waals surface area contributed by atoms with Gasteiger partial charge in [-0.15, -0.1) is 0 Å². The second kappa shape index (κ2) is 7.89. The molecule has 2 rings (SSSR count). The SMILES string of the molecule is CC(C)(C)C(c1ccc(CO)cc1)N(Cc1ccc(Cl)cc1)C(=O)O. The van der Waals surface area contributed by atoms with Crippen LogP contribution in [0.5, 0.6) is 0 Å². The number of hydrogen-bond donors (Lipinski definition) is 2. The van der Waals surface area contributed by atoms with E-state index < -0.39 is 6.09 Å². The first-order chi connectivity index (χ1) is 11.7. The summed E-state index contributed by atoms with van der Waals surface area (Å²) in [4.78, 5) is 13.5. The first-order valence-electron chi connectivity index (χ1n) is 8.16. The lowest BCUT2D eigenvalue weighted by molar-refractivity contribution is 0.0769. The molecule has 0 aliphatic rings. The van der Waals surface area contributed by atoms with E-state index in [0.717, 1.165) is 16.7 Å². The molecule has 0 saturated carbocycles. The van der Waals surface area contributed by atoms with Crippen LogP contribution in [0, 0.1) is 5.41 Å². The molecule has 1 unspecified atom stereocenters. The molecule has 1 atom stereocenters. The smallest absolute Gasteiger partial charge is 0.408 e. The molecule has 0 bridgehead atoms. The largest absolute Gasteiger partial charge is 0.465 e. The first kappa shape index (κ1) is 19.3. The van der Waals surface area contributed by atoms with E-state index in [0.29, 0.717) is 5.02 Å². The lowest BCUT2D eigenvalue weighted by Gasteiger charge is -2.39. The van der Waals surface area contributed by atoms with Gasteiger partial charge in [0.1, 0.15) is 0 Å². The summed E-state index contributed by atoms with van der Waals surface area (Å²) >= 11 is 5.92. The third kappa shape index (κ3) is 4.97. The van der Waals surface area contributed by atoms with Crippen LogP contribution in [0.4, 0.5) is 4.79 Å². The van der Waals surface area contributed by atoms with Crippen molar-refractivity contribution in [2.75, 3.05) is 0 Å². The second-order valence-corrected chi connectivity index (χ2v) is 7.64. The van der Waals surface area contributed by atoms with Crippen molar-refractivity contribution in [3.8, 4) is 0 Å². The van der Waals surface area contributed by atoms with Crippen LogP contribution in [0.3, 0.4) is 0 Å². The summed E-state index contributed by atoms with van der Waals surface area (Å²) in [6, 6.07) is 14.3. The van der Waals surface area contributed by atoms with Gasteiger partial charge in [0.05, 0.1) is 12.6 Å². The van der Waals surface area contributed by atoms with E-state index in [1.165, 1.54) is 4.90 Å². The lowest BCUT2D eigenvalue weighted by Crippen LogP contribution is -2.40. The van der Waals surface area contributed by atoms with Crippen LogP contribution in [0.2, 0.25) is 5.02 Å². The van der Waals surface area contributed by atoms with Crippen LogP contribution in [-0.4, -0.2) is 21.2 Å². The minimum atomic E-state index is -0.971. The van der Waals surface area contributed by atoms with Gasteiger partial charge >= 0.3 is 6.09 Å². The monoisotopic (exact) mass is 361 g/mol. The van der Waals surface area contributed by atoms with E-state index in [4.69, 9.17) is 11.6 Å². The fourth-order valence-electron chi connectivity index (χ4n) is 3.01. The number of aliphatic hydroxyl groups is 1. The topological polar surface area (TPSA) is 60.8 Å². The summed E-state index contributed by atoms with van der Waals surface area (Å²) in [7, 11) is 0. The van der Waals surface area contributed by atoms with Gasteiger partial charge in [0.2, 0.25) is 0 Å². The molecular weight excluding hydrogens is 338 g/mol. The molecule has 0 aliphatic carbocycles. The van der Waals surface area contributed by atoms with Crippen molar-refractivity contribution in [3.05, 3.63) is 70.2 Å². The van der Waals surface area contributed by atoms with Crippen LogP contribution in [0.1, 0.15) is 43.5 Å². The zero-order valence-electron chi connectivity index (χ0n) is 14.7. The highest BCUT2D eigenvalue weighted by atomic mass is 35.5. The van der Waals surface area contributed by atoms with E-state index in [2.05, 4.69) is 0 Å². The van der Waals surface area contributed by atoms with Crippen molar-refractivity contribution in [3.63, 3.8) is 0 Å². The Morgan fingerprint density at radius 3 is 2.00 bits per heavy atom. The van der Waals surface area contributed by atoms with E-state index in [9.17, 15) is 15.0 Å². The molecule has 2 N–H and O–H groups in total. The van der Waals surface area contributed by atoms with Gasteiger partial charge in [-0.2, -0.15) is 0 Å². The number of nitrogens with zero attached hydrogens (tertiary/aromatic N) is 1. The van der Waals surface area contributed by atoms with Gasteiger partial charge in [-0.05, 0) is 34.2 Å². The number of halogens is 1. The predicted octanol–water partition coefficient (Wildman–Crippen LogP) is 5.10. The Labute approximate surface area is 153 Å². The number of carboxylic acid groups (broad SMARTS) is 1. The van der Waals surface area contributed by atoms with Crippen molar-refractivity contribution in [2.24, 2.45) is 5.41 Å². The van der Waals surface area contributed by atoms with Gasteiger partial charge in [-0.1, -0.05) is 68.8 Å². The van der Waals surface area contributed by atoms with Gasteiger partial charge < -0.3 is 10.2 Å². The van der Waals surface area contributed by atoms with E-state index in [-0.39, 0.29) is 24.6 Å². The minimum Gasteiger partial charge on any atom is -0.465 e. The molecule has 2 aromatic rings. The van der Waals surface area contributed by atoms with Crippen LogP contribution in [-0.2, 0) is 13.2 Å². The van der Waals surface area contributed by atoms with Crippen molar-refractivity contribution < 1.29 is 15.0 Å². The van der Waals surface area contributed by atoms with Crippen molar-refractivity contribution >= 4 is 17.7 Å². The number of hydrogen-bond acceptors (Lipinski definition) is 2. The number of benzene rings is 2. The molecule has 5 heteroatoms. The van der Waals surface area contributed by atoms with Gasteiger partial charge in [0.15, 0.2) is 0 Å². The number of carbonyl (C=O) groups is 1. The molecule has 0 radical (unpaired) electrons. The van der Waals surface area contributed by atoms with E-state index >= 15 is 0 Å². The summed E-state index contributed by atoms with van der Waals surface area (Å²) in [5, 5.41) is 19.7. The maximum absolute atomic E-state index is 12.0. The number of rotatable bonds is 5. The predicted molar refractivity (Wildman–Crippen MR) is 99.6 cm³/mol. The Bertz CT molecular complexity index is 705. The average Bonchev–Trinajstić information content (AvgIpc) is 2.55. The third-order valence-electron chi connectivity index (χ3n) is 4.12. The Morgan fingerprint density at radius 2 is 1.56 bits per heavy atom. The summed E-state index contributed by atoms with van der Waals surface area (Å²) in [5.74, 6) is 0. The maximum atomic E-state index is 12.0. The van der Waals surface area contributed by atoms with Crippen molar-refractivity contribution in [2.45, 2.75) is 40.0 Å². The Hall–Kier alpha value is -2.04.